The van der Waals surface area contributed by atoms with Crippen LogP contribution in [-0.2, 0) is 52.4 Å². The summed E-state index contributed by atoms with van der Waals surface area (Å²) >= 11 is 0. The lowest BCUT2D eigenvalue weighted by atomic mass is 9.73. The number of benzene rings is 1. The lowest BCUT2D eigenvalue weighted by Gasteiger charge is -2.38. The molecule has 0 bridgehead atoms. The third-order valence-electron chi connectivity index (χ3n) is 8.81. The number of methoxy groups -OCH3 is 1. The van der Waals surface area contributed by atoms with Crippen LogP contribution in [0.1, 0.15) is 77.4 Å². The van der Waals surface area contributed by atoms with Crippen LogP contribution < -0.4 is 4.74 Å². The molecule has 1 saturated heterocycles. The van der Waals surface area contributed by atoms with Gasteiger partial charge in [0, 0.05) is 62.6 Å². The summed E-state index contributed by atoms with van der Waals surface area (Å²) in [6.45, 7) is 4.58. The normalized spacial score (nSPS) is 17.1. The van der Waals surface area contributed by atoms with Gasteiger partial charge in [-0.1, -0.05) is 24.3 Å². The molecule has 8 nitrogen and oxygen atoms in total. The number of carboxylic acid groups (broad SMARTS) is 1. The van der Waals surface area contributed by atoms with Gasteiger partial charge in [-0.2, -0.15) is 5.10 Å². The molecule has 2 aliphatic rings. The number of aryl methyl sites for hydroxylation is 4. The van der Waals surface area contributed by atoms with Gasteiger partial charge in [0.2, 0.25) is 5.88 Å². The van der Waals surface area contributed by atoms with Crippen LogP contribution >= 0.6 is 0 Å². The number of ether oxygens (including phenoxy) is 3. The highest BCUT2D eigenvalue weighted by Gasteiger charge is 2.35. The van der Waals surface area contributed by atoms with Crippen molar-refractivity contribution in [2.45, 2.75) is 76.0 Å². The Bertz CT molecular complexity index is 1340. The fraction of sp³-hybridized carbons (Fsp3) is 0.545. The highest BCUT2D eigenvalue weighted by molar-refractivity contribution is 5.68. The molecule has 2 aromatic heterocycles. The second-order valence-electron chi connectivity index (χ2n) is 11.7. The van der Waals surface area contributed by atoms with Gasteiger partial charge in [-0.15, -0.1) is 0 Å². The number of aromatic nitrogens is 3. The van der Waals surface area contributed by atoms with Crippen molar-refractivity contribution in [3.8, 4) is 5.88 Å². The SMILES string of the molecule is COCC1(c2ccc(C)c([C@H](CC(=O)O)Cc3cc(OCCc4ccc5c(n4)CCCC5)n(C)n3)c2)CCOCC1. The molecule has 0 spiro atoms. The van der Waals surface area contributed by atoms with Crippen molar-refractivity contribution in [3.63, 3.8) is 0 Å². The minimum atomic E-state index is -0.817. The highest BCUT2D eigenvalue weighted by Crippen LogP contribution is 2.38. The highest BCUT2D eigenvalue weighted by atomic mass is 16.5. The van der Waals surface area contributed by atoms with E-state index in [0.29, 0.717) is 38.7 Å². The lowest BCUT2D eigenvalue weighted by molar-refractivity contribution is -0.137. The molecule has 1 aliphatic heterocycles. The average Bonchev–Trinajstić information content (AvgIpc) is 3.31. The Kier molecular flexibility index (Phi) is 9.40. The standard InChI is InChI=1S/C33H43N3O5/c1-23-8-10-26(33(22-39-3)13-16-40-17-14-33)20-29(23)25(19-32(37)38)18-28-21-31(36(2)35-28)41-15-12-27-11-9-24-6-4-5-7-30(24)34-27/h8-11,20-21,25H,4-7,12-19,22H2,1-3H3,(H,37,38)/t25-/m0/s1. The second-order valence-corrected chi connectivity index (χ2v) is 11.7. The molecule has 3 aromatic rings. The van der Waals surface area contributed by atoms with Gasteiger partial charge in [-0.3, -0.25) is 9.78 Å². The van der Waals surface area contributed by atoms with E-state index in [1.807, 2.05) is 13.1 Å². The van der Waals surface area contributed by atoms with Gasteiger partial charge in [0.15, 0.2) is 0 Å². The molecular formula is C33H43N3O5. The Morgan fingerprint density at radius 3 is 2.71 bits per heavy atom. The molecule has 1 fully saturated rings. The molecule has 0 saturated carbocycles. The first-order valence-corrected chi connectivity index (χ1v) is 14.9. The molecule has 8 heteroatoms. The third kappa shape index (κ3) is 6.99. The second kappa shape index (κ2) is 13.2. The molecule has 3 heterocycles. The summed E-state index contributed by atoms with van der Waals surface area (Å²) < 4.78 is 19.2. The minimum absolute atomic E-state index is 0.0292. The van der Waals surface area contributed by atoms with Crippen LogP contribution in [0.4, 0.5) is 0 Å². The minimum Gasteiger partial charge on any atom is -0.481 e. The van der Waals surface area contributed by atoms with Gasteiger partial charge in [0.05, 0.1) is 25.3 Å². The fourth-order valence-corrected chi connectivity index (χ4v) is 6.49. The van der Waals surface area contributed by atoms with Crippen LogP contribution in [0.2, 0.25) is 0 Å². The molecule has 1 N–H and O–H groups in total. The van der Waals surface area contributed by atoms with Crippen LogP contribution in [0, 0.1) is 6.92 Å². The lowest BCUT2D eigenvalue weighted by Crippen LogP contribution is -2.38. The van der Waals surface area contributed by atoms with E-state index in [1.54, 1.807) is 11.8 Å². The third-order valence-corrected chi connectivity index (χ3v) is 8.81. The molecule has 1 aromatic carbocycles. The van der Waals surface area contributed by atoms with Crippen molar-refractivity contribution in [2.75, 3.05) is 33.5 Å². The van der Waals surface area contributed by atoms with E-state index in [9.17, 15) is 9.90 Å². The molecule has 220 valence electrons. The van der Waals surface area contributed by atoms with Crippen molar-refractivity contribution >= 4 is 5.97 Å². The van der Waals surface area contributed by atoms with Crippen molar-refractivity contribution < 1.29 is 24.1 Å². The largest absolute Gasteiger partial charge is 0.481 e. The maximum Gasteiger partial charge on any atom is 0.303 e. The Morgan fingerprint density at radius 2 is 1.93 bits per heavy atom. The molecule has 1 aliphatic carbocycles. The summed E-state index contributed by atoms with van der Waals surface area (Å²) in [5.41, 5.74) is 7.72. The smallest absolute Gasteiger partial charge is 0.303 e. The van der Waals surface area contributed by atoms with Crippen LogP contribution in [-0.4, -0.2) is 59.4 Å². The zero-order valence-electron chi connectivity index (χ0n) is 24.7. The summed E-state index contributed by atoms with van der Waals surface area (Å²) in [4.78, 5) is 16.8. The summed E-state index contributed by atoms with van der Waals surface area (Å²) in [5.74, 6) is -0.351. The predicted molar refractivity (Wildman–Crippen MR) is 157 cm³/mol. The summed E-state index contributed by atoms with van der Waals surface area (Å²) in [7, 11) is 3.61. The number of carboxylic acids is 1. The van der Waals surface area contributed by atoms with Gasteiger partial charge < -0.3 is 19.3 Å². The van der Waals surface area contributed by atoms with Gasteiger partial charge >= 0.3 is 5.97 Å². The summed E-state index contributed by atoms with van der Waals surface area (Å²) in [6, 6.07) is 12.8. The first-order valence-electron chi connectivity index (χ1n) is 14.9. The van der Waals surface area contributed by atoms with E-state index in [1.165, 1.54) is 29.7 Å². The average molecular weight is 562 g/mol. The Balaban J connectivity index is 1.30. The Morgan fingerprint density at radius 1 is 1.12 bits per heavy atom. The van der Waals surface area contributed by atoms with E-state index >= 15 is 0 Å². The van der Waals surface area contributed by atoms with Crippen molar-refractivity contribution in [1.82, 2.24) is 14.8 Å². The maximum absolute atomic E-state index is 12.0. The first-order chi connectivity index (χ1) is 19.9. The van der Waals surface area contributed by atoms with Gasteiger partial charge in [0.25, 0.3) is 0 Å². The van der Waals surface area contributed by atoms with E-state index < -0.39 is 5.97 Å². The van der Waals surface area contributed by atoms with Crippen molar-refractivity contribution in [3.05, 3.63) is 75.7 Å². The molecular weight excluding hydrogens is 518 g/mol. The van der Waals surface area contributed by atoms with E-state index in [0.717, 1.165) is 54.6 Å². The van der Waals surface area contributed by atoms with Gasteiger partial charge in [-0.05, 0) is 80.2 Å². The monoisotopic (exact) mass is 561 g/mol. The molecule has 1 atom stereocenters. The van der Waals surface area contributed by atoms with Crippen molar-refractivity contribution in [1.29, 1.82) is 0 Å². The van der Waals surface area contributed by atoms with Gasteiger partial charge in [0.1, 0.15) is 0 Å². The fourth-order valence-electron chi connectivity index (χ4n) is 6.49. The molecule has 0 unspecified atom stereocenters. The topological polar surface area (TPSA) is 95.7 Å². The Labute approximate surface area is 243 Å². The molecule has 0 amide bonds. The number of hydrogen-bond acceptors (Lipinski definition) is 6. The number of hydrogen-bond donors (Lipinski definition) is 1. The van der Waals surface area contributed by atoms with Gasteiger partial charge in [-0.25, -0.2) is 4.68 Å². The van der Waals surface area contributed by atoms with Crippen LogP contribution in [0.25, 0.3) is 0 Å². The number of rotatable bonds is 12. The van der Waals surface area contributed by atoms with E-state index in [4.69, 9.17) is 24.3 Å². The maximum atomic E-state index is 12.0. The zero-order chi connectivity index (χ0) is 28.8. The predicted octanol–water partition coefficient (Wildman–Crippen LogP) is 5.12. The van der Waals surface area contributed by atoms with E-state index in [-0.39, 0.29) is 17.8 Å². The van der Waals surface area contributed by atoms with E-state index in [2.05, 4.69) is 37.3 Å². The number of pyridine rings is 1. The first kappa shape index (κ1) is 29.3. The number of carbonyl (C=O) groups is 1. The van der Waals surface area contributed by atoms with Crippen LogP contribution in [0.15, 0.2) is 36.4 Å². The Hall–Kier alpha value is -3.23. The van der Waals surface area contributed by atoms with Crippen molar-refractivity contribution in [2.24, 2.45) is 7.05 Å². The molecule has 5 rings (SSSR count). The zero-order valence-corrected chi connectivity index (χ0v) is 24.7. The number of fused-ring (bicyclic) bond motifs is 1. The quantitative estimate of drug-likeness (QED) is 0.328. The summed E-state index contributed by atoms with van der Waals surface area (Å²) in [5, 5.41) is 14.5. The van der Waals surface area contributed by atoms with Crippen LogP contribution in [0.3, 0.4) is 0 Å². The summed E-state index contributed by atoms with van der Waals surface area (Å²) in [6.07, 6.45) is 7.71. The number of nitrogens with zero attached hydrogens (tertiary/aromatic N) is 3. The van der Waals surface area contributed by atoms with Crippen LogP contribution in [0.5, 0.6) is 5.88 Å². The molecule has 41 heavy (non-hydrogen) atoms. The number of aliphatic carboxylic acids is 1. The molecule has 0 radical (unpaired) electrons.